The number of hydrogen-bond donors (Lipinski definition) is 1. The first kappa shape index (κ1) is 15.0. The van der Waals surface area contributed by atoms with Crippen molar-refractivity contribution in [3.8, 4) is 0 Å². The highest BCUT2D eigenvalue weighted by Gasteiger charge is 2.14. The molecule has 2 rings (SSSR count). The Balaban J connectivity index is 2.24. The van der Waals surface area contributed by atoms with Gasteiger partial charge in [-0.15, -0.1) is 11.3 Å². The van der Waals surface area contributed by atoms with E-state index in [0.29, 0.717) is 6.04 Å². The Morgan fingerprint density at radius 3 is 2.80 bits per heavy atom. The third-order valence-electron chi connectivity index (χ3n) is 3.32. The number of nitrogens with one attached hydrogen (secondary N) is 1. The van der Waals surface area contributed by atoms with Crippen molar-refractivity contribution in [2.24, 2.45) is 0 Å². The van der Waals surface area contributed by atoms with Crippen molar-refractivity contribution >= 4 is 22.2 Å². The van der Waals surface area contributed by atoms with Gasteiger partial charge < -0.3 is 10.2 Å². The molecule has 0 bridgehead atoms. The molecule has 0 aliphatic heterocycles. The predicted octanol–water partition coefficient (Wildman–Crippen LogP) is 4.28. The number of thiazole rings is 1. The summed E-state index contributed by atoms with van der Waals surface area (Å²) in [6.45, 7) is 10.4. The van der Waals surface area contributed by atoms with E-state index in [1.807, 2.05) is 0 Å². The summed E-state index contributed by atoms with van der Waals surface area (Å²) in [6.07, 6.45) is 0. The standard InChI is InChI=1S/C16H23N3S/c1-5-17-13(4)15-11-20-16(18-15)19(6-2)14-9-7-8-12(3)10-14/h7-11,13,17H,5-6H2,1-4H3. The van der Waals surface area contributed by atoms with Crippen LogP contribution in [0.5, 0.6) is 0 Å². The highest BCUT2D eigenvalue weighted by Crippen LogP contribution is 2.30. The van der Waals surface area contributed by atoms with Crippen LogP contribution in [0.15, 0.2) is 29.6 Å². The molecular formula is C16H23N3S. The second kappa shape index (κ2) is 6.86. The Labute approximate surface area is 125 Å². The minimum atomic E-state index is 0.307. The van der Waals surface area contributed by atoms with Gasteiger partial charge in [0.15, 0.2) is 5.13 Å². The normalized spacial score (nSPS) is 12.4. The summed E-state index contributed by atoms with van der Waals surface area (Å²) in [5.41, 5.74) is 3.61. The first-order valence-electron chi connectivity index (χ1n) is 7.18. The van der Waals surface area contributed by atoms with E-state index < -0.39 is 0 Å². The number of aromatic nitrogens is 1. The summed E-state index contributed by atoms with van der Waals surface area (Å²) in [5, 5.41) is 6.63. The van der Waals surface area contributed by atoms with E-state index in [4.69, 9.17) is 4.98 Å². The van der Waals surface area contributed by atoms with Crippen LogP contribution in [0.4, 0.5) is 10.8 Å². The van der Waals surface area contributed by atoms with Crippen molar-refractivity contribution in [1.82, 2.24) is 10.3 Å². The number of rotatable bonds is 6. The maximum absolute atomic E-state index is 4.79. The number of hydrogen-bond acceptors (Lipinski definition) is 4. The Kier molecular flexibility index (Phi) is 5.15. The number of anilines is 2. The molecule has 108 valence electrons. The molecule has 1 atom stereocenters. The van der Waals surface area contributed by atoms with Crippen LogP contribution in [0.3, 0.4) is 0 Å². The van der Waals surface area contributed by atoms with Crippen molar-refractivity contribution in [1.29, 1.82) is 0 Å². The molecule has 2 aromatic rings. The Morgan fingerprint density at radius 2 is 2.15 bits per heavy atom. The molecule has 4 heteroatoms. The molecule has 0 saturated heterocycles. The Morgan fingerprint density at radius 1 is 1.35 bits per heavy atom. The lowest BCUT2D eigenvalue weighted by molar-refractivity contribution is 0.586. The molecule has 1 N–H and O–H groups in total. The van der Waals surface area contributed by atoms with Crippen LogP contribution in [-0.4, -0.2) is 18.1 Å². The van der Waals surface area contributed by atoms with Crippen molar-refractivity contribution in [2.75, 3.05) is 18.0 Å². The molecule has 0 spiro atoms. The van der Waals surface area contributed by atoms with Gasteiger partial charge in [-0.1, -0.05) is 19.1 Å². The highest BCUT2D eigenvalue weighted by molar-refractivity contribution is 7.13. The molecule has 1 unspecified atom stereocenters. The van der Waals surface area contributed by atoms with Gasteiger partial charge in [0.2, 0.25) is 0 Å². The van der Waals surface area contributed by atoms with Gasteiger partial charge in [-0.2, -0.15) is 0 Å². The summed E-state index contributed by atoms with van der Waals surface area (Å²) < 4.78 is 0. The smallest absolute Gasteiger partial charge is 0.190 e. The molecule has 20 heavy (non-hydrogen) atoms. The van der Waals surface area contributed by atoms with Gasteiger partial charge in [-0.25, -0.2) is 4.98 Å². The number of aryl methyl sites for hydroxylation is 1. The molecule has 0 aliphatic rings. The van der Waals surface area contributed by atoms with Crippen molar-refractivity contribution in [3.05, 3.63) is 40.9 Å². The van der Waals surface area contributed by atoms with Crippen molar-refractivity contribution < 1.29 is 0 Å². The van der Waals surface area contributed by atoms with Gasteiger partial charge in [-0.05, 0) is 45.0 Å². The second-order valence-electron chi connectivity index (χ2n) is 4.92. The summed E-state index contributed by atoms with van der Waals surface area (Å²) in [4.78, 5) is 7.05. The van der Waals surface area contributed by atoms with E-state index in [1.165, 1.54) is 11.3 Å². The fourth-order valence-corrected chi connectivity index (χ4v) is 3.24. The minimum Gasteiger partial charge on any atom is -0.318 e. The molecule has 0 fully saturated rings. The molecule has 1 aromatic heterocycles. The van der Waals surface area contributed by atoms with E-state index in [-0.39, 0.29) is 0 Å². The molecule has 0 saturated carbocycles. The van der Waals surface area contributed by atoms with Gasteiger partial charge in [0, 0.05) is 23.7 Å². The molecule has 0 amide bonds. The lowest BCUT2D eigenvalue weighted by atomic mass is 10.2. The largest absolute Gasteiger partial charge is 0.318 e. The van der Waals surface area contributed by atoms with Crippen LogP contribution in [0.2, 0.25) is 0 Å². The van der Waals surface area contributed by atoms with Crippen LogP contribution in [-0.2, 0) is 0 Å². The summed E-state index contributed by atoms with van der Waals surface area (Å²) in [7, 11) is 0. The monoisotopic (exact) mass is 289 g/mol. The zero-order chi connectivity index (χ0) is 14.5. The fourth-order valence-electron chi connectivity index (χ4n) is 2.23. The zero-order valence-corrected chi connectivity index (χ0v) is 13.5. The van der Waals surface area contributed by atoms with Gasteiger partial charge in [0.05, 0.1) is 5.69 Å². The maximum atomic E-state index is 4.79. The zero-order valence-electron chi connectivity index (χ0n) is 12.7. The predicted molar refractivity (Wildman–Crippen MR) is 88.1 cm³/mol. The van der Waals surface area contributed by atoms with Gasteiger partial charge in [0.1, 0.15) is 0 Å². The lowest BCUT2D eigenvalue weighted by Crippen LogP contribution is -2.19. The minimum absolute atomic E-state index is 0.307. The summed E-state index contributed by atoms with van der Waals surface area (Å²) >= 11 is 1.71. The summed E-state index contributed by atoms with van der Waals surface area (Å²) in [6, 6.07) is 8.88. The molecule has 1 heterocycles. The topological polar surface area (TPSA) is 28.2 Å². The molecule has 3 nitrogen and oxygen atoms in total. The summed E-state index contributed by atoms with van der Waals surface area (Å²) in [5.74, 6) is 0. The second-order valence-corrected chi connectivity index (χ2v) is 5.75. The molecule has 0 radical (unpaired) electrons. The van der Waals surface area contributed by atoms with E-state index in [2.05, 4.69) is 67.6 Å². The average molecular weight is 289 g/mol. The van der Waals surface area contributed by atoms with Crippen molar-refractivity contribution in [2.45, 2.75) is 33.7 Å². The van der Waals surface area contributed by atoms with E-state index in [1.54, 1.807) is 11.3 Å². The van der Waals surface area contributed by atoms with E-state index in [0.717, 1.165) is 23.9 Å². The van der Waals surface area contributed by atoms with Crippen LogP contribution in [0.25, 0.3) is 0 Å². The van der Waals surface area contributed by atoms with Gasteiger partial charge >= 0.3 is 0 Å². The molecule has 0 aliphatic carbocycles. The van der Waals surface area contributed by atoms with Crippen LogP contribution >= 0.6 is 11.3 Å². The lowest BCUT2D eigenvalue weighted by Gasteiger charge is -2.20. The number of benzene rings is 1. The third kappa shape index (κ3) is 3.38. The third-order valence-corrected chi connectivity index (χ3v) is 4.21. The average Bonchev–Trinajstić information content (AvgIpc) is 2.90. The fraction of sp³-hybridized carbons (Fsp3) is 0.438. The Hall–Kier alpha value is -1.39. The van der Waals surface area contributed by atoms with Crippen LogP contribution in [0.1, 0.15) is 38.1 Å². The first-order valence-corrected chi connectivity index (χ1v) is 8.06. The maximum Gasteiger partial charge on any atom is 0.190 e. The Bertz CT molecular complexity index is 550. The van der Waals surface area contributed by atoms with E-state index in [9.17, 15) is 0 Å². The molecule has 1 aromatic carbocycles. The quantitative estimate of drug-likeness (QED) is 0.860. The SMILES string of the molecule is CCNC(C)c1csc(N(CC)c2cccc(C)c2)n1. The first-order chi connectivity index (χ1) is 9.65. The van der Waals surface area contributed by atoms with Crippen LogP contribution in [0, 0.1) is 6.92 Å². The van der Waals surface area contributed by atoms with Crippen molar-refractivity contribution in [3.63, 3.8) is 0 Å². The molecular weight excluding hydrogens is 266 g/mol. The van der Waals surface area contributed by atoms with E-state index >= 15 is 0 Å². The van der Waals surface area contributed by atoms with Gasteiger partial charge in [0.25, 0.3) is 0 Å². The van der Waals surface area contributed by atoms with Crippen LogP contribution < -0.4 is 10.2 Å². The highest BCUT2D eigenvalue weighted by atomic mass is 32.1. The van der Waals surface area contributed by atoms with Gasteiger partial charge in [-0.3, -0.25) is 0 Å². The number of nitrogens with zero attached hydrogens (tertiary/aromatic N) is 2.